The predicted octanol–water partition coefficient (Wildman–Crippen LogP) is 3.35. The van der Waals surface area contributed by atoms with Gasteiger partial charge in [0.1, 0.15) is 6.04 Å². The number of alkyl halides is 3. The van der Waals surface area contributed by atoms with Crippen LogP contribution in [0.2, 0.25) is 0 Å². The van der Waals surface area contributed by atoms with E-state index in [-0.39, 0.29) is 10.2 Å². The van der Waals surface area contributed by atoms with Gasteiger partial charge in [0.25, 0.3) is 0 Å². The van der Waals surface area contributed by atoms with E-state index in [0.717, 1.165) is 12.1 Å². The van der Waals surface area contributed by atoms with Crippen LogP contribution >= 0.6 is 15.9 Å². The zero-order valence-corrected chi connectivity index (χ0v) is 10.3. The highest BCUT2D eigenvalue weighted by atomic mass is 79.9. The third-order valence-electron chi connectivity index (χ3n) is 1.98. The van der Waals surface area contributed by atoms with E-state index in [1.807, 2.05) is 0 Å². The molecule has 0 aliphatic rings. The van der Waals surface area contributed by atoms with Crippen LogP contribution in [0.4, 0.5) is 18.9 Å². The second-order valence-electron chi connectivity index (χ2n) is 3.43. The molecule has 0 spiro atoms. The summed E-state index contributed by atoms with van der Waals surface area (Å²) in [7, 11) is 0. The van der Waals surface area contributed by atoms with Gasteiger partial charge in [-0.1, -0.05) is 15.9 Å². The summed E-state index contributed by atoms with van der Waals surface area (Å²) < 4.78 is 37.7. The number of hydrogen-bond acceptors (Lipinski definition) is 2. The van der Waals surface area contributed by atoms with Gasteiger partial charge in [0, 0.05) is 10.2 Å². The molecule has 0 aliphatic heterocycles. The van der Waals surface area contributed by atoms with Crippen LogP contribution in [0.15, 0.2) is 22.7 Å². The second kappa shape index (κ2) is 4.95. The number of nitrogens with one attached hydrogen (secondary N) is 1. The summed E-state index contributed by atoms with van der Waals surface area (Å²) in [6.07, 6.45) is -4.47. The van der Waals surface area contributed by atoms with Crippen molar-refractivity contribution in [2.45, 2.75) is 19.1 Å². The van der Waals surface area contributed by atoms with Crippen molar-refractivity contribution in [2.75, 3.05) is 5.32 Å². The van der Waals surface area contributed by atoms with Crippen molar-refractivity contribution >= 4 is 27.6 Å². The molecule has 3 nitrogen and oxygen atoms in total. The van der Waals surface area contributed by atoms with Crippen LogP contribution in [-0.4, -0.2) is 17.1 Å². The molecule has 0 fully saturated rings. The van der Waals surface area contributed by atoms with Gasteiger partial charge < -0.3 is 10.4 Å². The maximum Gasteiger partial charge on any atom is 0.416 e. The quantitative estimate of drug-likeness (QED) is 0.900. The molecule has 0 radical (unpaired) electrons. The second-order valence-corrected chi connectivity index (χ2v) is 4.35. The van der Waals surface area contributed by atoms with Crippen molar-refractivity contribution in [1.82, 2.24) is 0 Å². The number of aliphatic carboxylic acids is 1. The number of hydrogen-bond donors (Lipinski definition) is 2. The molecule has 0 bridgehead atoms. The van der Waals surface area contributed by atoms with Gasteiger partial charge in [-0.15, -0.1) is 0 Å². The molecule has 94 valence electrons. The van der Waals surface area contributed by atoms with Gasteiger partial charge in [-0.05, 0) is 25.1 Å². The lowest BCUT2D eigenvalue weighted by Crippen LogP contribution is -2.25. The highest BCUT2D eigenvalue weighted by Crippen LogP contribution is 2.33. The molecule has 0 saturated heterocycles. The summed E-state index contributed by atoms with van der Waals surface area (Å²) in [4.78, 5) is 10.6. The minimum Gasteiger partial charge on any atom is -0.480 e. The fourth-order valence-corrected chi connectivity index (χ4v) is 1.64. The Kier molecular flexibility index (Phi) is 4.03. The monoisotopic (exact) mass is 311 g/mol. The number of rotatable bonds is 3. The molecular weight excluding hydrogens is 303 g/mol. The molecule has 7 heteroatoms. The average Bonchev–Trinajstić information content (AvgIpc) is 2.15. The molecular formula is C10H9BrF3NO2. The maximum absolute atomic E-state index is 12.5. The highest BCUT2D eigenvalue weighted by molar-refractivity contribution is 9.10. The lowest BCUT2D eigenvalue weighted by atomic mass is 10.2. The SMILES string of the molecule is CC(Nc1cc(Br)cc(C(F)(F)F)c1)C(=O)O. The Morgan fingerprint density at radius 2 is 2.00 bits per heavy atom. The zero-order chi connectivity index (χ0) is 13.2. The van der Waals surface area contributed by atoms with E-state index in [9.17, 15) is 18.0 Å². The normalized spacial score (nSPS) is 13.2. The van der Waals surface area contributed by atoms with Crippen LogP contribution in [0.25, 0.3) is 0 Å². The molecule has 0 saturated carbocycles. The molecule has 2 N–H and O–H groups in total. The summed E-state index contributed by atoms with van der Waals surface area (Å²) >= 11 is 2.94. The Labute approximate surface area is 104 Å². The zero-order valence-electron chi connectivity index (χ0n) is 8.68. The summed E-state index contributed by atoms with van der Waals surface area (Å²) in [6.45, 7) is 1.34. The van der Waals surface area contributed by atoms with Crippen molar-refractivity contribution in [3.63, 3.8) is 0 Å². The molecule has 1 aromatic rings. The molecule has 17 heavy (non-hydrogen) atoms. The molecule has 1 rings (SSSR count). The van der Waals surface area contributed by atoms with E-state index in [1.54, 1.807) is 0 Å². The first-order chi connectivity index (χ1) is 7.70. The smallest absolute Gasteiger partial charge is 0.416 e. The summed E-state index contributed by atoms with van der Waals surface area (Å²) in [5.41, 5.74) is -0.742. The predicted molar refractivity (Wildman–Crippen MR) is 59.9 cm³/mol. The van der Waals surface area contributed by atoms with Crippen LogP contribution in [0.5, 0.6) is 0 Å². The van der Waals surface area contributed by atoms with E-state index >= 15 is 0 Å². The fourth-order valence-electron chi connectivity index (χ4n) is 1.15. The average molecular weight is 312 g/mol. The fraction of sp³-hybridized carbons (Fsp3) is 0.300. The van der Waals surface area contributed by atoms with Crippen LogP contribution in [0.3, 0.4) is 0 Å². The number of benzene rings is 1. The van der Waals surface area contributed by atoms with Gasteiger partial charge in [-0.25, -0.2) is 0 Å². The first kappa shape index (κ1) is 13.8. The highest BCUT2D eigenvalue weighted by Gasteiger charge is 2.31. The van der Waals surface area contributed by atoms with E-state index in [2.05, 4.69) is 21.2 Å². The molecule has 1 atom stereocenters. The Hall–Kier alpha value is -1.24. The number of carbonyl (C=O) groups is 1. The topological polar surface area (TPSA) is 49.3 Å². The van der Waals surface area contributed by atoms with Crippen molar-refractivity contribution in [3.05, 3.63) is 28.2 Å². The summed E-state index contributed by atoms with van der Waals surface area (Å²) in [5, 5.41) is 11.1. The molecule has 1 aromatic carbocycles. The van der Waals surface area contributed by atoms with Crippen LogP contribution in [-0.2, 0) is 11.0 Å². The van der Waals surface area contributed by atoms with Gasteiger partial charge in [0.15, 0.2) is 0 Å². The van der Waals surface area contributed by atoms with Crippen molar-refractivity contribution in [3.8, 4) is 0 Å². The van der Waals surface area contributed by atoms with Crippen LogP contribution in [0, 0.1) is 0 Å². The van der Waals surface area contributed by atoms with Gasteiger partial charge in [-0.3, -0.25) is 4.79 Å². The standard InChI is InChI=1S/C10H9BrF3NO2/c1-5(9(16)17)15-8-3-6(10(12,13)14)2-7(11)4-8/h2-5,15H,1H3,(H,16,17). The number of halogens is 4. The lowest BCUT2D eigenvalue weighted by Gasteiger charge is -2.14. The van der Waals surface area contributed by atoms with Gasteiger partial charge in [0.05, 0.1) is 5.56 Å². The molecule has 0 heterocycles. The maximum atomic E-state index is 12.5. The lowest BCUT2D eigenvalue weighted by molar-refractivity contribution is -0.138. The molecule has 1 unspecified atom stereocenters. The first-order valence-corrected chi connectivity index (χ1v) is 5.36. The third kappa shape index (κ3) is 3.92. The Bertz CT molecular complexity index is 434. The van der Waals surface area contributed by atoms with Gasteiger partial charge in [0.2, 0.25) is 0 Å². The first-order valence-electron chi connectivity index (χ1n) is 4.57. The Morgan fingerprint density at radius 3 is 2.47 bits per heavy atom. The van der Waals surface area contributed by atoms with Crippen molar-refractivity contribution < 1.29 is 23.1 Å². The number of carboxylic acid groups (broad SMARTS) is 1. The Balaban J connectivity index is 3.02. The van der Waals surface area contributed by atoms with Crippen molar-refractivity contribution in [1.29, 1.82) is 0 Å². The van der Waals surface area contributed by atoms with E-state index < -0.39 is 23.8 Å². The molecule has 0 aromatic heterocycles. The van der Waals surface area contributed by atoms with Crippen LogP contribution in [0.1, 0.15) is 12.5 Å². The summed E-state index contributed by atoms with van der Waals surface area (Å²) in [6, 6.07) is 2.21. The number of anilines is 1. The largest absolute Gasteiger partial charge is 0.480 e. The van der Waals surface area contributed by atoms with E-state index in [0.29, 0.717) is 0 Å². The Morgan fingerprint density at radius 1 is 1.41 bits per heavy atom. The molecule has 0 aliphatic carbocycles. The van der Waals surface area contributed by atoms with Crippen LogP contribution < -0.4 is 5.32 Å². The molecule has 0 amide bonds. The van der Waals surface area contributed by atoms with E-state index in [4.69, 9.17) is 5.11 Å². The van der Waals surface area contributed by atoms with E-state index in [1.165, 1.54) is 13.0 Å². The van der Waals surface area contributed by atoms with Gasteiger partial charge in [-0.2, -0.15) is 13.2 Å². The van der Waals surface area contributed by atoms with Crippen molar-refractivity contribution in [2.24, 2.45) is 0 Å². The number of carboxylic acids is 1. The minimum absolute atomic E-state index is 0.0987. The minimum atomic E-state index is -4.47. The third-order valence-corrected chi connectivity index (χ3v) is 2.44. The summed E-state index contributed by atoms with van der Waals surface area (Å²) in [5.74, 6) is -1.14. The van der Waals surface area contributed by atoms with Gasteiger partial charge >= 0.3 is 12.1 Å².